The van der Waals surface area contributed by atoms with Gasteiger partial charge >= 0.3 is 0 Å². The van der Waals surface area contributed by atoms with Crippen molar-refractivity contribution in [3.05, 3.63) is 51.2 Å². The predicted octanol–water partition coefficient (Wildman–Crippen LogP) is 4.05. The lowest BCUT2D eigenvalue weighted by molar-refractivity contribution is -0.123. The maximum absolute atomic E-state index is 11.6. The van der Waals surface area contributed by atoms with Crippen LogP contribution in [0, 0.1) is 0 Å². The Kier molecular flexibility index (Phi) is 5.98. The van der Waals surface area contributed by atoms with Crippen molar-refractivity contribution in [1.29, 1.82) is 0 Å². The van der Waals surface area contributed by atoms with Gasteiger partial charge in [0.05, 0.1) is 10.6 Å². The topological polar surface area (TPSA) is 50.7 Å². The number of ether oxygens (including phenoxy) is 1. The van der Waals surface area contributed by atoms with Crippen molar-refractivity contribution in [1.82, 2.24) is 5.43 Å². The molecule has 0 bridgehead atoms. The molecule has 0 aliphatic carbocycles. The first-order valence-electron chi connectivity index (χ1n) is 6.84. The standard InChI is InChI=1S/C16H17ClN2O2S/c1-11(2)12-3-5-13(6-4-12)21-10-16(20)19-18-9-14-7-8-15(17)22-14/h3-9,11H,10H2,1-2H3,(H,19,20)/b18-9-. The normalized spacial score (nSPS) is 11.1. The number of halogens is 1. The lowest BCUT2D eigenvalue weighted by Crippen LogP contribution is -2.24. The van der Waals surface area contributed by atoms with E-state index in [0.717, 1.165) is 4.88 Å². The highest BCUT2D eigenvalue weighted by Gasteiger charge is 2.03. The number of hydrazone groups is 1. The summed E-state index contributed by atoms with van der Waals surface area (Å²) in [6.45, 7) is 4.17. The van der Waals surface area contributed by atoms with Crippen molar-refractivity contribution in [3.63, 3.8) is 0 Å². The number of amides is 1. The molecule has 2 rings (SSSR count). The van der Waals surface area contributed by atoms with E-state index in [1.165, 1.54) is 16.9 Å². The Bertz CT molecular complexity index is 650. The average Bonchev–Trinajstić information content (AvgIpc) is 2.91. The molecule has 0 fully saturated rings. The maximum atomic E-state index is 11.6. The van der Waals surface area contributed by atoms with Crippen LogP contribution in [0.4, 0.5) is 0 Å². The van der Waals surface area contributed by atoms with Crippen molar-refractivity contribution in [2.45, 2.75) is 19.8 Å². The molecule has 1 heterocycles. The van der Waals surface area contributed by atoms with Gasteiger partial charge in [0, 0.05) is 4.88 Å². The number of hydrogen-bond donors (Lipinski definition) is 1. The fourth-order valence-electron chi connectivity index (χ4n) is 1.70. The van der Waals surface area contributed by atoms with Crippen molar-refractivity contribution >= 4 is 35.1 Å². The second-order valence-corrected chi connectivity index (χ2v) is 6.69. The number of hydrogen-bond acceptors (Lipinski definition) is 4. The van der Waals surface area contributed by atoms with Gasteiger partial charge in [-0.2, -0.15) is 5.10 Å². The van der Waals surface area contributed by atoms with Crippen LogP contribution in [0.2, 0.25) is 4.34 Å². The molecule has 0 saturated carbocycles. The summed E-state index contributed by atoms with van der Waals surface area (Å²) in [6.07, 6.45) is 1.55. The monoisotopic (exact) mass is 336 g/mol. The second kappa shape index (κ2) is 7.96. The summed E-state index contributed by atoms with van der Waals surface area (Å²) in [5, 5.41) is 3.85. The molecule has 1 N–H and O–H groups in total. The zero-order valence-electron chi connectivity index (χ0n) is 12.4. The fourth-order valence-corrected chi connectivity index (χ4v) is 2.63. The van der Waals surface area contributed by atoms with Crippen LogP contribution in [0.1, 0.15) is 30.2 Å². The second-order valence-electron chi connectivity index (χ2n) is 4.95. The molecule has 1 aromatic heterocycles. The summed E-state index contributed by atoms with van der Waals surface area (Å²) >= 11 is 7.19. The predicted molar refractivity (Wildman–Crippen MR) is 91.1 cm³/mol. The van der Waals surface area contributed by atoms with Crippen molar-refractivity contribution in [3.8, 4) is 5.75 Å². The Hall–Kier alpha value is -1.85. The van der Waals surface area contributed by atoms with E-state index >= 15 is 0 Å². The highest BCUT2D eigenvalue weighted by molar-refractivity contribution is 7.17. The number of thiophene rings is 1. The van der Waals surface area contributed by atoms with Gasteiger partial charge in [0.25, 0.3) is 5.91 Å². The zero-order chi connectivity index (χ0) is 15.9. The van der Waals surface area contributed by atoms with Crippen LogP contribution in [-0.2, 0) is 4.79 Å². The van der Waals surface area contributed by atoms with Gasteiger partial charge in [-0.25, -0.2) is 5.43 Å². The Labute approximate surface area is 138 Å². The first-order valence-corrected chi connectivity index (χ1v) is 8.04. The molecule has 0 atom stereocenters. The summed E-state index contributed by atoms with van der Waals surface area (Å²) in [7, 11) is 0. The van der Waals surface area contributed by atoms with Crippen molar-refractivity contribution in [2.24, 2.45) is 5.10 Å². The molecule has 0 radical (unpaired) electrons. The van der Waals surface area contributed by atoms with Crippen LogP contribution in [0.5, 0.6) is 5.75 Å². The van der Waals surface area contributed by atoms with Crippen LogP contribution in [0.15, 0.2) is 41.5 Å². The third-order valence-electron chi connectivity index (χ3n) is 2.89. The molecule has 2 aromatic rings. The first-order chi connectivity index (χ1) is 10.5. The van der Waals surface area contributed by atoms with E-state index < -0.39 is 0 Å². The van der Waals surface area contributed by atoms with E-state index in [9.17, 15) is 4.79 Å². The summed E-state index contributed by atoms with van der Waals surface area (Å²) in [6, 6.07) is 11.3. The molecule has 0 spiro atoms. The molecule has 6 heteroatoms. The number of nitrogens with zero attached hydrogens (tertiary/aromatic N) is 1. The largest absolute Gasteiger partial charge is 0.484 e. The van der Waals surface area contributed by atoms with Gasteiger partial charge in [0.15, 0.2) is 6.61 Å². The SMILES string of the molecule is CC(C)c1ccc(OCC(=O)N/N=C\c2ccc(Cl)s2)cc1. The molecule has 0 aliphatic rings. The number of carbonyl (C=O) groups excluding carboxylic acids is 1. The fraction of sp³-hybridized carbons (Fsp3) is 0.250. The first kappa shape index (κ1) is 16.5. The van der Waals surface area contributed by atoms with E-state index in [2.05, 4.69) is 24.4 Å². The molecule has 116 valence electrons. The average molecular weight is 337 g/mol. The zero-order valence-corrected chi connectivity index (χ0v) is 13.9. The van der Waals surface area contributed by atoms with Crippen LogP contribution < -0.4 is 10.2 Å². The molecular formula is C16H17ClN2O2S. The summed E-state index contributed by atoms with van der Waals surface area (Å²) < 4.78 is 6.09. The molecular weight excluding hydrogens is 320 g/mol. The summed E-state index contributed by atoms with van der Waals surface area (Å²) in [5.74, 6) is 0.817. The molecule has 4 nitrogen and oxygen atoms in total. The maximum Gasteiger partial charge on any atom is 0.277 e. The van der Waals surface area contributed by atoms with E-state index in [0.29, 0.717) is 16.0 Å². The Morgan fingerprint density at radius 2 is 2.05 bits per heavy atom. The van der Waals surface area contributed by atoms with Crippen LogP contribution in [-0.4, -0.2) is 18.7 Å². The number of nitrogens with one attached hydrogen (secondary N) is 1. The van der Waals surface area contributed by atoms with Gasteiger partial charge in [-0.1, -0.05) is 37.6 Å². The number of benzene rings is 1. The molecule has 1 amide bonds. The number of rotatable bonds is 6. The van der Waals surface area contributed by atoms with E-state index in [1.54, 1.807) is 12.3 Å². The Morgan fingerprint density at radius 3 is 2.64 bits per heavy atom. The van der Waals surface area contributed by atoms with Gasteiger partial charge in [-0.05, 0) is 35.7 Å². The third kappa shape index (κ3) is 5.16. The minimum atomic E-state index is -0.313. The van der Waals surface area contributed by atoms with Crippen molar-refractivity contribution in [2.75, 3.05) is 6.61 Å². The smallest absolute Gasteiger partial charge is 0.277 e. The molecule has 0 unspecified atom stereocenters. The molecule has 0 aliphatic heterocycles. The van der Waals surface area contributed by atoms with Gasteiger partial charge in [-0.3, -0.25) is 4.79 Å². The van der Waals surface area contributed by atoms with Gasteiger partial charge < -0.3 is 4.74 Å². The highest BCUT2D eigenvalue weighted by Crippen LogP contribution is 2.19. The molecule has 1 aromatic carbocycles. The van der Waals surface area contributed by atoms with E-state index in [4.69, 9.17) is 16.3 Å². The van der Waals surface area contributed by atoms with Gasteiger partial charge in [0.2, 0.25) is 0 Å². The Balaban J connectivity index is 1.76. The molecule has 0 saturated heterocycles. The van der Waals surface area contributed by atoms with E-state index in [-0.39, 0.29) is 12.5 Å². The summed E-state index contributed by atoms with van der Waals surface area (Å²) in [4.78, 5) is 12.5. The van der Waals surface area contributed by atoms with Gasteiger partial charge in [-0.15, -0.1) is 11.3 Å². The minimum Gasteiger partial charge on any atom is -0.484 e. The number of carbonyl (C=O) groups is 1. The highest BCUT2D eigenvalue weighted by atomic mass is 35.5. The lowest BCUT2D eigenvalue weighted by Gasteiger charge is -2.08. The summed E-state index contributed by atoms with van der Waals surface area (Å²) in [5.41, 5.74) is 3.64. The van der Waals surface area contributed by atoms with Crippen molar-refractivity contribution < 1.29 is 9.53 Å². The van der Waals surface area contributed by atoms with E-state index in [1.807, 2.05) is 30.3 Å². The minimum absolute atomic E-state index is 0.0798. The van der Waals surface area contributed by atoms with Crippen LogP contribution in [0.25, 0.3) is 0 Å². The quantitative estimate of drug-likeness (QED) is 0.639. The third-order valence-corrected chi connectivity index (χ3v) is 4.06. The van der Waals surface area contributed by atoms with Crippen LogP contribution >= 0.6 is 22.9 Å². The van der Waals surface area contributed by atoms with Gasteiger partial charge in [0.1, 0.15) is 5.75 Å². The molecule has 22 heavy (non-hydrogen) atoms. The van der Waals surface area contributed by atoms with Crippen LogP contribution in [0.3, 0.4) is 0 Å². The lowest BCUT2D eigenvalue weighted by atomic mass is 10.0. The Morgan fingerprint density at radius 1 is 1.32 bits per heavy atom.